The van der Waals surface area contributed by atoms with Crippen LogP contribution in [0.5, 0.6) is 0 Å². The molecule has 0 aromatic rings. The van der Waals surface area contributed by atoms with Crippen molar-refractivity contribution in [3.63, 3.8) is 0 Å². The van der Waals surface area contributed by atoms with E-state index in [-0.39, 0.29) is 75.2 Å². The van der Waals surface area contributed by atoms with Crippen LogP contribution in [-0.4, -0.2) is 165 Å². The molecule has 0 heterocycles. The van der Waals surface area contributed by atoms with Gasteiger partial charge in [0.05, 0.1) is 0 Å². The third kappa shape index (κ3) is 64.1. The van der Waals surface area contributed by atoms with E-state index in [1.54, 1.807) is 13.8 Å². The SMILES string of the molecule is CC(C)(CNC(=O)C(O)O)CNC(=O)C(O)O.CN(C)CCN(C)C.CN(C)CCN(C)C.[Cu+2].[Cu+].[Cu].[N-]=C=S.[OH3+].[OH3+]. The zero-order valence-electron chi connectivity index (χ0n) is 25.7. The van der Waals surface area contributed by atoms with E-state index in [2.05, 4.69) is 98.8 Å². The quantitative estimate of drug-likeness (QED) is 0.0367. The maximum atomic E-state index is 10.9. The fraction of sp³-hybridized carbons (Fsp3) is 0.864. The van der Waals surface area contributed by atoms with Crippen molar-refractivity contribution in [1.82, 2.24) is 30.2 Å². The van der Waals surface area contributed by atoms with Gasteiger partial charge in [-0.2, -0.15) is 5.16 Å². The molecule has 0 fully saturated rings. The van der Waals surface area contributed by atoms with Gasteiger partial charge in [0.25, 0.3) is 11.8 Å². The molecule has 0 bridgehead atoms. The molecule has 0 aromatic carbocycles. The topological polar surface area (TPSA) is 240 Å². The third-order valence-electron chi connectivity index (χ3n) is 3.94. The van der Waals surface area contributed by atoms with Crippen molar-refractivity contribution in [3.8, 4) is 0 Å². The molecule has 0 aliphatic rings. The number of hydrogen-bond acceptors (Lipinski definition) is 11. The van der Waals surface area contributed by atoms with Gasteiger partial charge in [-0.15, -0.1) is 0 Å². The van der Waals surface area contributed by atoms with Gasteiger partial charge >= 0.3 is 34.1 Å². The smallest absolute Gasteiger partial charge is 0.753 e. The van der Waals surface area contributed by atoms with Crippen molar-refractivity contribution in [2.24, 2.45) is 5.41 Å². The summed E-state index contributed by atoms with van der Waals surface area (Å²) in [5.41, 5.74) is -0.574. The summed E-state index contributed by atoms with van der Waals surface area (Å²) in [6.45, 7) is 8.15. The standard InChI is InChI=1S/C9H18N2O6.2C6H16N2.CNS.3Cu.2H2O/c1-9(2,3-10-5(12)7(14)15)4-11-6(13)8(16)17;2*1-7(2)5-6-8(3)4;2-1-3;;;;;/h7-8,14-17H,3-4H2,1-2H3,(H,10,12)(H,11,13);2*5-6H2,1-4H3;;;;;2*1H2/q;;;-1;;+1;+2;;/p+2. The number of rotatable bonds is 12. The summed E-state index contributed by atoms with van der Waals surface area (Å²) in [5, 5.41) is 47.1. The van der Waals surface area contributed by atoms with E-state index in [4.69, 9.17) is 25.8 Å². The molecule has 0 spiro atoms. The van der Waals surface area contributed by atoms with Gasteiger partial charge in [0, 0.05) is 56.3 Å². The predicted molar refractivity (Wildman–Crippen MR) is 156 cm³/mol. The van der Waals surface area contributed by atoms with Gasteiger partial charge in [-0.1, -0.05) is 26.1 Å². The fourth-order valence-corrected chi connectivity index (χ4v) is 1.70. The van der Waals surface area contributed by atoms with Gasteiger partial charge in [0.2, 0.25) is 12.6 Å². The first-order valence-electron chi connectivity index (χ1n) is 11.2. The maximum absolute atomic E-state index is 10.9. The molecule has 262 valence electrons. The van der Waals surface area contributed by atoms with Crippen molar-refractivity contribution >= 4 is 29.2 Å². The average molecular weight is 769 g/mol. The largest absolute Gasteiger partial charge is 2.00 e. The second kappa shape index (κ2) is 39.9. The Kier molecular flexibility index (Phi) is 62.3. The molecule has 0 aromatic heterocycles. The van der Waals surface area contributed by atoms with Gasteiger partial charge in [-0.05, 0) is 61.8 Å². The van der Waals surface area contributed by atoms with E-state index in [0.29, 0.717) is 0 Å². The first-order chi connectivity index (χ1) is 16.3. The zero-order valence-corrected chi connectivity index (χ0v) is 29.3. The summed E-state index contributed by atoms with van der Waals surface area (Å²) in [5.74, 6) is -1.88. The number of hydrogen-bond donors (Lipinski definition) is 6. The molecule has 19 heteroatoms. The van der Waals surface area contributed by atoms with Crippen LogP contribution in [0, 0.1) is 5.41 Å². The Morgan fingerprint density at radius 2 is 0.902 bits per heavy atom. The first-order valence-corrected chi connectivity index (χ1v) is 11.6. The molecular formula is C22H56Cu3N7O8S+4. The molecular weight excluding hydrogens is 713 g/mol. The van der Waals surface area contributed by atoms with E-state index in [9.17, 15) is 9.59 Å². The number of likely N-dealkylation sites (N-methyl/N-ethyl adjacent to an activating group) is 4. The molecule has 0 aliphatic carbocycles. The van der Waals surface area contributed by atoms with Gasteiger partial charge < -0.3 is 67.0 Å². The van der Waals surface area contributed by atoms with Crippen LogP contribution in [0.15, 0.2) is 0 Å². The number of carbonyl (C=O) groups excluding carboxylic acids is 2. The number of aliphatic hydroxyl groups is 4. The van der Waals surface area contributed by atoms with E-state index in [1.807, 2.05) is 0 Å². The minimum absolute atomic E-state index is 0. The van der Waals surface area contributed by atoms with E-state index in [0.717, 1.165) is 26.2 Å². The second-order valence-electron chi connectivity index (χ2n) is 9.65. The Morgan fingerprint density at radius 3 is 1.02 bits per heavy atom. The Balaban J connectivity index is -0.0000000523. The molecule has 0 aliphatic heterocycles. The van der Waals surface area contributed by atoms with Gasteiger partial charge in [-0.25, -0.2) is 0 Å². The molecule has 12 N–H and O–H groups in total. The van der Waals surface area contributed by atoms with Crippen molar-refractivity contribution < 1.29 is 92.2 Å². The molecule has 0 rings (SSSR count). The Hall–Kier alpha value is -0.102. The number of aliphatic hydroxyl groups excluding tert-OH is 2. The number of nitrogens with zero attached hydrogens (tertiary/aromatic N) is 5. The average Bonchev–Trinajstić information content (AvgIpc) is 2.74. The summed E-state index contributed by atoms with van der Waals surface area (Å²) < 4.78 is 0. The Morgan fingerprint density at radius 1 is 0.732 bits per heavy atom. The Bertz CT molecular complexity index is 546. The number of thiocarbonyl (C=S) groups is 1. The van der Waals surface area contributed by atoms with Gasteiger partial charge in [0.1, 0.15) is 0 Å². The van der Waals surface area contributed by atoms with Crippen LogP contribution in [0.3, 0.4) is 0 Å². The first kappa shape index (κ1) is 64.0. The molecule has 2 amide bonds. The molecule has 2 radical (unpaired) electrons. The van der Waals surface area contributed by atoms with Crippen LogP contribution in [0.4, 0.5) is 0 Å². The Labute approximate surface area is 283 Å². The number of isothiocyanates is 1. The zero-order chi connectivity index (χ0) is 29.5. The molecule has 15 nitrogen and oxygen atoms in total. The normalized spacial score (nSPS) is 9.46. The molecule has 0 saturated carbocycles. The van der Waals surface area contributed by atoms with Crippen LogP contribution in [-0.2, 0) is 71.7 Å². The molecule has 0 atom stereocenters. The molecule has 41 heavy (non-hydrogen) atoms. The summed E-state index contributed by atoms with van der Waals surface area (Å²) in [6, 6.07) is 0. The number of nitrogens with one attached hydrogen (secondary N) is 2. The van der Waals surface area contributed by atoms with Gasteiger partial charge in [0.15, 0.2) is 0 Å². The minimum atomic E-state index is -2.08. The van der Waals surface area contributed by atoms with Crippen LogP contribution >= 0.6 is 12.2 Å². The number of amides is 2. The van der Waals surface area contributed by atoms with Crippen LogP contribution in [0.2, 0.25) is 0 Å². The maximum Gasteiger partial charge on any atom is 2.00 e. The van der Waals surface area contributed by atoms with Crippen molar-refractivity contribution in [2.45, 2.75) is 26.4 Å². The monoisotopic (exact) mass is 767 g/mol. The summed E-state index contributed by atoms with van der Waals surface area (Å²) in [4.78, 5) is 30.4. The number of carbonyl (C=O) groups is 2. The minimum Gasteiger partial charge on any atom is -0.753 e. The predicted octanol–water partition coefficient (Wildman–Crippen LogP) is -4.11. The van der Waals surface area contributed by atoms with Gasteiger partial charge in [-0.3, -0.25) is 9.59 Å². The summed E-state index contributed by atoms with van der Waals surface area (Å²) in [6.07, 6.45) is -4.17. The summed E-state index contributed by atoms with van der Waals surface area (Å²) >= 11 is 3.70. The van der Waals surface area contributed by atoms with E-state index < -0.39 is 29.8 Å². The molecule has 0 unspecified atom stereocenters. The van der Waals surface area contributed by atoms with Crippen molar-refractivity contribution in [3.05, 3.63) is 5.41 Å². The fourth-order valence-electron chi connectivity index (χ4n) is 1.70. The molecule has 0 saturated heterocycles. The van der Waals surface area contributed by atoms with Crippen LogP contribution < -0.4 is 10.6 Å². The van der Waals surface area contributed by atoms with E-state index in [1.165, 1.54) is 5.16 Å². The second-order valence-corrected chi connectivity index (χ2v) is 9.83. The third-order valence-corrected chi connectivity index (χ3v) is 3.94. The van der Waals surface area contributed by atoms with Crippen LogP contribution in [0.25, 0.3) is 5.41 Å². The summed E-state index contributed by atoms with van der Waals surface area (Å²) in [7, 11) is 16.7. The van der Waals surface area contributed by atoms with Crippen LogP contribution in [0.1, 0.15) is 13.8 Å². The van der Waals surface area contributed by atoms with Crippen molar-refractivity contribution in [2.75, 3.05) is 95.6 Å². The van der Waals surface area contributed by atoms with Crippen molar-refractivity contribution in [1.29, 1.82) is 0 Å². The van der Waals surface area contributed by atoms with E-state index >= 15 is 0 Å².